The predicted molar refractivity (Wildman–Crippen MR) is 113 cm³/mol. The smallest absolute Gasteiger partial charge is 0.251 e. The highest BCUT2D eigenvalue weighted by Crippen LogP contribution is 2.22. The summed E-state index contributed by atoms with van der Waals surface area (Å²) in [5.41, 5.74) is 1.00. The standard InChI is InChI=1S/C19H29FN4O.2ClH/c1-2-23-9-11-24(12-10-23)18-4-3-16(13-17(18)20)19(25)22-8-6-15-5-7-21-14-15;;/h3-4,13,15,21H,2,5-12,14H2,1H3,(H,22,25);2*1H. The monoisotopic (exact) mass is 420 g/mol. The molecule has 2 aliphatic rings. The van der Waals surface area contributed by atoms with Crippen molar-refractivity contribution in [3.63, 3.8) is 0 Å². The first-order chi connectivity index (χ1) is 12.2. The fourth-order valence-corrected chi connectivity index (χ4v) is 3.66. The topological polar surface area (TPSA) is 47.6 Å². The summed E-state index contributed by atoms with van der Waals surface area (Å²) < 4.78 is 14.5. The summed E-state index contributed by atoms with van der Waals surface area (Å²) in [7, 11) is 0. The highest BCUT2D eigenvalue weighted by molar-refractivity contribution is 5.94. The number of nitrogens with zero attached hydrogens (tertiary/aromatic N) is 2. The van der Waals surface area contributed by atoms with E-state index >= 15 is 0 Å². The van der Waals surface area contributed by atoms with E-state index in [1.807, 2.05) is 0 Å². The van der Waals surface area contributed by atoms with Gasteiger partial charge in [0.2, 0.25) is 0 Å². The van der Waals surface area contributed by atoms with Gasteiger partial charge in [0.15, 0.2) is 0 Å². The summed E-state index contributed by atoms with van der Waals surface area (Å²) in [4.78, 5) is 16.6. The minimum Gasteiger partial charge on any atom is -0.367 e. The molecule has 8 heteroatoms. The summed E-state index contributed by atoms with van der Waals surface area (Å²) in [6.45, 7) is 9.48. The van der Waals surface area contributed by atoms with Crippen molar-refractivity contribution in [3.05, 3.63) is 29.6 Å². The van der Waals surface area contributed by atoms with E-state index in [9.17, 15) is 9.18 Å². The Bertz CT molecular complexity index is 591. The number of piperazine rings is 1. The van der Waals surface area contributed by atoms with Gasteiger partial charge in [-0.05, 0) is 56.6 Å². The lowest BCUT2D eigenvalue weighted by molar-refractivity contribution is 0.0951. The van der Waals surface area contributed by atoms with Gasteiger partial charge in [-0.2, -0.15) is 0 Å². The third-order valence-corrected chi connectivity index (χ3v) is 5.37. The molecule has 1 unspecified atom stereocenters. The van der Waals surface area contributed by atoms with E-state index in [1.54, 1.807) is 12.1 Å². The van der Waals surface area contributed by atoms with Gasteiger partial charge in [-0.1, -0.05) is 6.92 Å². The SMILES string of the molecule is CCN1CCN(c2ccc(C(=O)NCCC3CCNC3)cc2F)CC1.Cl.Cl. The van der Waals surface area contributed by atoms with Gasteiger partial charge in [0, 0.05) is 38.3 Å². The van der Waals surface area contributed by atoms with Crippen LogP contribution in [0.25, 0.3) is 0 Å². The molecule has 0 bridgehead atoms. The molecule has 2 N–H and O–H groups in total. The highest BCUT2D eigenvalue weighted by atomic mass is 35.5. The summed E-state index contributed by atoms with van der Waals surface area (Å²) in [6.07, 6.45) is 2.14. The van der Waals surface area contributed by atoms with Gasteiger partial charge in [0.1, 0.15) is 5.82 Å². The average molecular weight is 421 g/mol. The van der Waals surface area contributed by atoms with E-state index in [2.05, 4.69) is 27.4 Å². The van der Waals surface area contributed by atoms with Gasteiger partial charge in [-0.15, -0.1) is 24.8 Å². The highest BCUT2D eigenvalue weighted by Gasteiger charge is 2.20. The third kappa shape index (κ3) is 6.49. The molecule has 2 aliphatic heterocycles. The minimum absolute atomic E-state index is 0. The van der Waals surface area contributed by atoms with Crippen LogP contribution >= 0.6 is 24.8 Å². The zero-order chi connectivity index (χ0) is 17.6. The van der Waals surface area contributed by atoms with Crippen molar-refractivity contribution in [3.8, 4) is 0 Å². The second-order valence-electron chi connectivity index (χ2n) is 6.99. The van der Waals surface area contributed by atoms with Crippen molar-refractivity contribution in [2.45, 2.75) is 19.8 Å². The van der Waals surface area contributed by atoms with Crippen LogP contribution in [0.15, 0.2) is 18.2 Å². The van der Waals surface area contributed by atoms with Crippen LogP contribution in [0, 0.1) is 11.7 Å². The molecule has 0 spiro atoms. The van der Waals surface area contributed by atoms with Gasteiger partial charge in [0.25, 0.3) is 5.91 Å². The number of rotatable bonds is 6. The molecule has 2 heterocycles. The lowest BCUT2D eigenvalue weighted by Crippen LogP contribution is -2.46. The Morgan fingerprint density at radius 3 is 2.59 bits per heavy atom. The van der Waals surface area contributed by atoms with Crippen LogP contribution in [0.4, 0.5) is 10.1 Å². The number of carbonyl (C=O) groups is 1. The zero-order valence-corrected chi connectivity index (χ0v) is 17.5. The van der Waals surface area contributed by atoms with Crippen LogP contribution in [0.1, 0.15) is 30.1 Å². The van der Waals surface area contributed by atoms with Gasteiger partial charge >= 0.3 is 0 Å². The van der Waals surface area contributed by atoms with Crippen molar-refractivity contribution in [2.24, 2.45) is 5.92 Å². The Balaban J connectivity index is 0.00000182. The summed E-state index contributed by atoms with van der Waals surface area (Å²) >= 11 is 0. The average Bonchev–Trinajstić information content (AvgIpc) is 3.15. The van der Waals surface area contributed by atoms with Crippen molar-refractivity contribution < 1.29 is 9.18 Å². The van der Waals surface area contributed by atoms with Crippen molar-refractivity contribution >= 4 is 36.4 Å². The van der Waals surface area contributed by atoms with Gasteiger partial charge < -0.3 is 20.4 Å². The Hall–Kier alpha value is -1.08. The van der Waals surface area contributed by atoms with E-state index in [1.165, 1.54) is 12.5 Å². The summed E-state index contributed by atoms with van der Waals surface area (Å²) in [6, 6.07) is 4.85. The maximum Gasteiger partial charge on any atom is 0.251 e. The largest absolute Gasteiger partial charge is 0.367 e. The molecule has 1 atom stereocenters. The number of halogens is 3. The molecule has 3 rings (SSSR count). The number of benzene rings is 1. The molecular formula is C19H31Cl2FN4O. The molecule has 1 amide bonds. The maximum atomic E-state index is 14.5. The van der Waals surface area contributed by atoms with E-state index in [0.717, 1.165) is 52.2 Å². The number of nitrogens with one attached hydrogen (secondary N) is 2. The van der Waals surface area contributed by atoms with Crippen molar-refractivity contribution in [1.29, 1.82) is 0 Å². The molecule has 0 radical (unpaired) electrons. The molecule has 2 saturated heterocycles. The van der Waals surface area contributed by atoms with Crippen LogP contribution < -0.4 is 15.5 Å². The fourth-order valence-electron chi connectivity index (χ4n) is 3.66. The van der Waals surface area contributed by atoms with Crippen LogP contribution in [-0.4, -0.2) is 63.2 Å². The molecule has 1 aromatic carbocycles. The number of likely N-dealkylation sites (N-methyl/N-ethyl adjacent to an activating group) is 1. The number of amides is 1. The van der Waals surface area contributed by atoms with Gasteiger partial charge in [0.05, 0.1) is 5.69 Å². The zero-order valence-electron chi connectivity index (χ0n) is 15.9. The third-order valence-electron chi connectivity index (χ3n) is 5.37. The van der Waals surface area contributed by atoms with E-state index < -0.39 is 0 Å². The van der Waals surface area contributed by atoms with Crippen LogP contribution in [-0.2, 0) is 0 Å². The number of hydrogen-bond donors (Lipinski definition) is 2. The molecule has 1 aromatic rings. The van der Waals surface area contributed by atoms with Crippen molar-refractivity contribution in [1.82, 2.24) is 15.5 Å². The Labute approximate surface area is 173 Å². The second-order valence-corrected chi connectivity index (χ2v) is 6.99. The fraction of sp³-hybridized carbons (Fsp3) is 0.632. The number of anilines is 1. The first kappa shape index (κ1) is 24.0. The molecule has 0 aromatic heterocycles. The molecule has 154 valence electrons. The maximum absolute atomic E-state index is 14.5. The Morgan fingerprint density at radius 2 is 2.00 bits per heavy atom. The molecule has 0 aliphatic carbocycles. The predicted octanol–water partition coefficient (Wildman–Crippen LogP) is 2.54. The van der Waals surface area contributed by atoms with Crippen LogP contribution in [0.5, 0.6) is 0 Å². The van der Waals surface area contributed by atoms with E-state index in [0.29, 0.717) is 23.7 Å². The molecular weight excluding hydrogens is 390 g/mol. The Morgan fingerprint density at radius 1 is 1.26 bits per heavy atom. The van der Waals surface area contributed by atoms with E-state index in [-0.39, 0.29) is 36.5 Å². The summed E-state index contributed by atoms with van der Waals surface area (Å²) in [5.74, 6) is 0.144. The first-order valence-electron chi connectivity index (χ1n) is 9.43. The molecule has 2 fully saturated rings. The van der Waals surface area contributed by atoms with Gasteiger partial charge in [-0.25, -0.2) is 4.39 Å². The lowest BCUT2D eigenvalue weighted by atomic mass is 10.1. The molecule has 5 nitrogen and oxygen atoms in total. The first-order valence-corrected chi connectivity index (χ1v) is 9.43. The van der Waals surface area contributed by atoms with Gasteiger partial charge in [-0.3, -0.25) is 4.79 Å². The number of carbonyl (C=O) groups excluding carboxylic acids is 1. The van der Waals surface area contributed by atoms with E-state index in [4.69, 9.17) is 0 Å². The van der Waals surface area contributed by atoms with Crippen LogP contribution in [0.2, 0.25) is 0 Å². The molecule has 27 heavy (non-hydrogen) atoms. The normalized spacial score (nSPS) is 19.9. The molecule has 0 saturated carbocycles. The Kier molecular flexibility index (Phi) is 10.4. The quantitative estimate of drug-likeness (QED) is 0.742. The second kappa shape index (κ2) is 11.7. The summed E-state index contributed by atoms with van der Waals surface area (Å²) in [5, 5.41) is 6.24. The minimum atomic E-state index is -0.308. The number of hydrogen-bond acceptors (Lipinski definition) is 4. The van der Waals surface area contributed by atoms with Crippen LogP contribution in [0.3, 0.4) is 0 Å². The van der Waals surface area contributed by atoms with Crippen molar-refractivity contribution in [2.75, 3.05) is 57.3 Å². The lowest BCUT2D eigenvalue weighted by Gasteiger charge is -2.35.